The van der Waals surface area contributed by atoms with Gasteiger partial charge in [0.25, 0.3) is 5.91 Å². The zero-order valence-electron chi connectivity index (χ0n) is 13.4. The highest BCUT2D eigenvalue weighted by atomic mass is 19.1. The highest BCUT2D eigenvalue weighted by molar-refractivity contribution is 6.03. The maximum Gasteiger partial charge on any atom is 0.352 e. The van der Waals surface area contributed by atoms with Gasteiger partial charge < -0.3 is 20.3 Å². The predicted molar refractivity (Wildman–Crippen MR) is 86.8 cm³/mol. The zero-order chi connectivity index (χ0) is 18.8. The summed E-state index contributed by atoms with van der Waals surface area (Å²) in [6, 6.07) is 3.00. The Morgan fingerprint density at radius 2 is 2.27 bits per heavy atom. The summed E-state index contributed by atoms with van der Waals surface area (Å²) in [4.78, 5) is 31.5. The molecule has 136 valence electrons. The summed E-state index contributed by atoms with van der Waals surface area (Å²) < 4.78 is 20.4. The highest BCUT2D eigenvalue weighted by Gasteiger charge is 2.39. The number of aromatic nitrogens is 3. The molecule has 0 radical (unpaired) electrons. The molecule has 0 aliphatic carbocycles. The van der Waals surface area contributed by atoms with Gasteiger partial charge >= 0.3 is 5.69 Å². The van der Waals surface area contributed by atoms with E-state index in [1.54, 1.807) is 0 Å². The highest BCUT2D eigenvalue weighted by Crippen LogP contribution is 2.32. The van der Waals surface area contributed by atoms with Crippen LogP contribution in [-0.4, -0.2) is 49.5 Å². The fourth-order valence-electron chi connectivity index (χ4n) is 2.48. The van der Waals surface area contributed by atoms with E-state index in [0.29, 0.717) is 0 Å². The zero-order valence-corrected chi connectivity index (χ0v) is 13.4. The monoisotopic (exact) mass is 362 g/mol. The molecule has 3 N–H and O–H groups in total. The van der Waals surface area contributed by atoms with Crippen LogP contribution in [0.15, 0.2) is 47.7 Å². The number of carbonyl (C=O) groups excluding carboxylic acids is 1. The summed E-state index contributed by atoms with van der Waals surface area (Å²) in [5.41, 5.74) is -0.677. The number of carbonyl (C=O) groups is 1. The molecule has 3 heterocycles. The van der Waals surface area contributed by atoms with Gasteiger partial charge in [-0.1, -0.05) is 6.58 Å². The van der Waals surface area contributed by atoms with E-state index < -0.39 is 48.3 Å². The van der Waals surface area contributed by atoms with Crippen LogP contribution in [0.2, 0.25) is 0 Å². The summed E-state index contributed by atoms with van der Waals surface area (Å²) in [5, 5.41) is 21.2. The second-order valence-corrected chi connectivity index (χ2v) is 5.55. The van der Waals surface area contributed by atoms with Gasteiger partial charge in [0, 0.05) is 18.0 Å². The van der Waals surface area contributed by atoms with Crippen LogP contribution < -0.4 is 11.0 Å². The van der Waals surface area contributed by atoms with Gasteiger partial charge in [0.1, 0.15) is 12.2 Å². The molecule has 10 heteroatoms. The van der Waals surface area contributed by atoms with Crippen molar-refractivity contribution in [2.45, 2.75) is 18.4 Å². The molecular weight excluding hydrogens is 347 g/mol. The molecular formula is C16H15FN4O5. The number of halogens is 1. The van der Waals surface area contributed by atoms with Crippen molar-refractivity contribution in [1.29, 1.82) is 0 Å². The van der Waals surface area contributed by atoms with Crippen molar-refractivity contribution < 1.29 is 24.1 Å². The largest absolute Gasteiger partial charge is 0.394 e. The third kappa shape index (κ3) is 3.25. The van der Waals surface area contributed by atoms with Crippen LogP contribution in [0.1, 0.15) is 16.6 Å². The van der Waals surface area contributed by atoms with Crippen molar-refractivity contribution in [3.05, 3.63) is 64.7 Å². The number of ether oxygens (including phenoxy) is 1. The lowest BCUT2D eigenvalue weighted by Crippen LogP contribution is -2.30. The topological polar surface area (TPSA) is 127 Å². The van der Waals surface area contributed by atoms with Crippen molar-refractivity contribution in [2.75, 3.05) is 11.9 Å². The lowest BCUT2D eigenvalue weighted by molar-refractivity contribution is -0.0449. The average molecular weight is 362 g/mol. The molecule has 26 heavy (non-hydrogen) atoms. The van der Waals surface area contributed by atoms with Crippen molar-refractivity contribution in [1.82, 2.24) is 14.5 Å². The minimum Gasteiger partial charge on any atom is -0.394 e. The maximum atomic E-state index is 14.3. The molecule has 9 nitrogen and oxygen atoms in total. The molecule has 3 atom stereocenters. The summed E-state index contributed by atoms with van der Waals surface area (Å²) in [5.74, 6) is -2.22. The van der Waals surface area contributed by atoms with E-state index in [2.05, 4.69) is 21.9 Å². The Hall–Kier alpha value is -2.95. The number of rotatable bonds is 4. The standard InChI is InChI=1S/C16H15FN4O5/c1-8-12(23)11(7-22)26-15(8)21-6-10(17)13(20-16(21)25)19-14(24)9-3-2-4-18-5-9/h2-6,11-12,15,22-23H,1,7H2,(H,19,20,24,25)/t11-,12+,15-/m1/s1. The van der Waals surface area contributed by atoms with Gasteiger partial charge in [0.15, 0.2) is 17.9 Å². The first-order valence-electron chi connectivity index (χ1n) is 7.55. The number of amides is 1. The number of aliphatic hydroxyl groups excluding tert-OH is 2. The van der Waals surface area contributed by atoms with E-state index in [1.165, 1.54) is 24.5 Å². The third-order valence-corrected chi connectivity index (χ3v) is 3.85. The lowest BCUT2D eigenvalue weighted by Gasteiger charge is -2.15. The molecule has 1 aliphatic heterocycles. The molecule has 0 bridgehead atoms. The van der Waals surface area contributed by atoms with Crippen LogP contribution in [0.5, 0.6) is 0 Å². The van der Waals surface area contributed by atoms with Gasteiger partial charge in [-0.15, -0.1) is 0 Å². The first-order valence-corrected chi connectivity index (χ1v) is 7.55. The fourth-order valence-corrected chi connectivity index (χ4v) is 2.48. The summed E-state index contributed by atoms with van der Waals surface area (Å²) in [7, 11) is 0. The number of aliphatic hydroxyl groups is 2. The first kappa shape index (κ1) is 17.9. The summed E-state index contributed by atoms with van der Waals surface area (Å²) in [6.45, 7) is 3.10. The molecule has 1 aliphatic rings. The molecule has 2 aromatic heterocycles. The Morgan fingerprint density at radius 3 is 2.88 bits per heavy atom. The minimum absolute atomic E-state index is 0.0829. The van der Waals surface area contributed by atoms with E-state index in [4.69, 9.17) is 9.84 Å². The molecule has 0 saturated carbocycles. The van der Waals surface area contributed by atoms with Crippen molar-refractivity contribution in [3.8, 4) is 0 Å². The number of pyridine rings is 1. The van der Waals surface area contributed by atoms with Gasteiger partial charge in [-0.25, -0.2) is 9.18 Å². The fraction of sp³-hybridized carbons (Fsp3) is 0.250. The Kier molecular flexibility index (Phi) is 4.89. The second-order valence-electron chi connectivity index (χ2n) is 5.55. The average Bonchev–Trinajstić information content (AvgIpc) is 2.93. The Morgan fingerprint density at radius 1 is 1.50 bits per heavy atom. The molecule has 1 amide bonds. The van der Waals surface area contributed by atoms with Crippen LogP contribution in [0.25, 0.3) is 0 Å². The van der Waals surface area contributed by atoms with E-state index in [-0.39, 0.29) is 11.1 Å². The smallest absolute Gasteiger partial charge is 0.352 e. The molecule has 2 aromatic rings. The molecule has 0 aromatic carbocycles. The number of hydrogen-bond donors (Lipinski definition) is 3. The van der Waals surface area contributed by atoms with Crippen LogP contribution in [0.4, 0.5) is 10.2 Å². The van der Waals surface area contributed by atoms with Crippen molar-refractivity contribution in [3.63, 3.8) is 0 Å². The SMILES string of the molecule is C=C1[C@H](n2cc(F)c(NC(=O)c3cccnc3)nc2=O)O[C@H](CO)[C@H]1O. The number of nitrogens with one attached hydrogen (secondary N) is 1. The van der Waals surface area contributed by atoms with Gasteiger partial charge in [-0.2, -0.15) is 4.98 Å². The van der Waals surface area contributed by atoms with E-state index in [9.17, 15) is 19.1 Å². The maximum absolute atomic E-state index is 14.3. The van der Waals surface area contributed by atoms with E-state index in [1.807, 2.05) is 0 Å². The molecule has 3 rings (SSSR count). The van der Waals surface area contributed by atoms with Gasteiger partial charge in [0.05, 0.1) is 18.4 Å². The van der Waals surface area contributed by atoms with Gasteiger partial charge in [0.2, 0.25) is 0 Å². The first-order chi connectivity index (χ1) is 12.4. The van der Waals surface area contributed by atoms with Crippen LogP contribution in [0.3, 0.4) is 0 Å². The van der Waals surface area contributed by atoms with E-state index >= 15 is 0 Å². The van der Waals surface area contributed by atoms with Gasteiger partial charge in [-0.3, -0.25) is 14.3 Å². The predicted octanol–water partition coefficient (Wildman–Crippen LogP) is -0.164. The normalized spacial score (nSPS) is 22.4. The second kappa shape index (κ2) is 7.12. The van der Waals surface area contributed by atoms with Crippen LogP contribution in [0, 0.1) is 5.82 Å². The molecule has 1 saturated heterocycles. The molecule has 0 unspecified atom stereocenters. The third-order valence-electron chi connectivity index (χ3n) is 3.85. The lowest BCUT2D eigenvalue weighted by atomic mass is 10.1. The Labute approximate surface area is 146 Å². The number of anilines is 1. The number of hydrogen-bond acceptors (Lipinski definition) is 7. The Balaban J connectivity index is 1.87. The van der Waals surface area contributed by atoms with Crippen molar-refractivity contribution >= 4 is 11.7 Å². The minimum atomic E-state index is -1.20. The van der Waals surface area contributed by atoms with E-state index in [0.717, 1.165) is 10.8 Å². The molecule has 0 spiro atoms. The Bertz CT molecular complexity index is 901. The summed E-state index contributed by atoms with van der Waals surface area (Å²) >= 11 is 0. The quantitative estimate of drug-likeness (QED) is 0.645. The molecule has 1 fully saturated rings. The van der Waals surface area contributed by atoms with Crippen LogP contribution >= 0.6 is 0 Å². The van der Waals surface area contributed by atoms with Crippen molar-refractivity contribution in [2.24, 2.45) is 0 Å². The number of nitrogens with zero attached hydrogens (tertiary/aromatic N) is 3. The van der Waals surface area contributed by atoms with Gasteiger partial charge in [-0.05, 0) is 12.1 Å². The van der Waals surface area contributed by atoms with Crippen LogP contribution in [-0.2, 0) is 4.74 Å². The summed E-state index contributed by atoms with van der Waals surface area (Å²) in [6.07, 6.45) is 0.175.